The van der Waals surface area contributed by atoms with Crippen LogP contribution in [0.2, 0.25) is 0 Å². The van der Waals surface area contributed by atoms with Gasteiger partial charge in [-0.3, -0.25) is 4.98 Å². The lowest BCUT2D eigenvalue weighted by Crippen LogP contribution is -2.30. The summed E-state index contributed by atoms with van der Waals surface area (Å²) in [5.74, 6) is -1.66. The average Bonchev–Trinajstić information content (AvgIpc) is 2.69. The van der Waals surface area contributed by atoms with Crippen LogP contribution in [0.4, 0.5) is 27.0 Å². The molecule has 0 amide bonds. The molecule has 2 aromatic heterocycles. The summed E-state index contributed by atoms with van der Waals surface area (Å²) in [5, 5.41) is -0.194. The molecular formula is C11H8F5N3S. The summed E-state index contributed by atoms with van der Waals surface area (Å²) in [4.78, 5) is 7.80. The quantitative estimate of drug-likeness (QED) is 0.813. The number of nitrogens with zero attached hydrogens (tertiary/aromatic N) is 3. The number of hydrogen-bond acceptors (Lipinski definition) is 4. The van der Waals surface area contributed by atoms with Crippen LogP contribution in [-0.2, 0) is 0 Å². The van der Waals surface area contributed by atoms with E-state index in [-0.39, 0.29) is 15.6 Å². The van der Waals surface area contributed by atoms with Crippen molar-refractivity contribution in [2.75, 3.05) is 18.5 Å². The maximum atomic E-state index is 13.6. The van der Waals surface area contributed by atoms with E-state index in [9.17, 15) is 22.0 Å². The number of pyridine rings is 1. The lowest BCUT2D eigenvalue weighted by molar-refractivity contribution is -0.119. The second kappa shape index (κ2) is 5.31. The van der Waals surface area contributed by atoms with Gasteiger partial charge in [-0.1, -0.05) is 11.3 Å². The molecule has 108 valence electrons. The van der Waals surface area contributed by atoms with Gasteiger partial charge < -0.3 is 4.90 Å². The molecule has 0 bridgehead atoms. The Kier molecular flexibility index (Phi) is 3.89. The minimum Gasteiger partial charge on any atom is -0.354 e. The van der Waals surface area contributed by atoms with E-state index in [1.807, 2.05) is 0 Å². The monoisotopic (exact) mass is 309 g/mol. The van der Waals surface area contributed by atoms with Crippen molar-refractivity contribution in [2.45, 2.75) is 6.18 Å². The van der Waals surface area contributed by atoms with Crippen LogP contribution in [0.5, 0.6) is 0 Å². The van der Waals surface area contributed by atoms with E-state index < -0.39 is 24.5 Å². The van der Waals surface area contributed by atoms with Crippen molar-refractivity contribution in [3.8, 4) is 10.6 Å². The molecule has 0 fully saturated rings. The molecular weight excluding hydrogens is 301 g/mol. The number of anilines is 1. The predicted molar refractivity (Wildman–Crippen MR) is 64.6 cm³/mol. The van der Waals surface area contributed by atoms with Gasteiger partial charge in [-0.05, 0) is 6.07 Å². The number of hydrogen-bond donors (Lipinski definition) is 0. The molecule has 20 heavy (non-hydrogen) atoms. The highest BCUT2D eigenvalue weighted by atomic mass is 32.1. The van der Waals surface area contributed by atoms with E-state index in [4.69, 9.17) is 0 Å². The summed E-state index contributed by atoms with van der Waals surface area (Å²) in [6.45, 7) is -1.30. The Bertz CT molecular complexity index is 610. The summed E-state index contributed by atoms with van der Waals surface area (Å²) in [7, 11) is 1.11. The average molecular weight is 309 g/mol. The highest BCUT2D eigenvalue weighted by Gasteiger charge is 2.31. The lowest BCUT2D eigenvalue weighted by Gasteiger charge is -2.18. The second-order valence-corrected chi connectivity index (χ2v) is 4.96. The van der Waals surface area contributed by atoms with E-state index in [0.717, 1.165) is 19.3 Å². The zero-order valence-corrected chi connectivity index (χ0v) is 10.9. The summed E-state index contributed by atoms with van der Waals surface area (Å²) in [6, 6.07) is 1.08. The molecule has 0 saturated heterocycles. The fourth-order valence-electron chi connectivity index (χ4n) is 1.52. The van der Waals surface area contributed by atoms with Gasteiger partial charge in [0.1, 0.15) is 22.4 Å². The zero-order valence-electron chi connectivity index (χ0n) is 10.1. The normalized spacial score (nSPS) is 11.7. The molecule has 0 aromatic carbocycles. The molecule has 0 aliphatic carbocycles. The lowest BCUT2D eigenvalue weighted by atomic mass is 10.3. The van der Waals surface area contributed by atoms with Crippen molar-refractivity contribution >= 4 is 16.3 Å². The molecule has 9 heteroatoms. The van der Waals surface area contributed by atoms with Crippen LogP contribution in [-0.4, -0.2) is 29.7 Å². The van der Waals surface area contributed by atoms with Gasteiger partial charge in [-0.2, -0.15) is 17.6 Å². The van der Waals surface area contributed by atoms with E-state index in [1.165, 1.54) is 6.20 Å². The molecule has 0 aliphatic heterocycles. The molecule has 2 heterocycles. The molecule has 0 spiro atoms. The number of aromatic nitrogens is 2. The second-order valence-electron chi connectivity index (χ2n) is 3.98. The van der Waals surface area contributed by atoms with Crippen LogP contribution >= 0.6 is 11.3 Å². The molecule has 0 saturated carbocycles. The first-order valence-corrected chi connectivity index (χ1v) is 6.13. The maximum Gasteiger partial charge on any atom is 0.405 e. The summed E-state index contributed by atoms with van der Waals surface area (Å²) in [6.07, 6.45) is -2.23. The number of rotatable bonds is 3. The van der Waals surface area contributed by atoms with Crippen molar-refractivity contribution in [3.05, 3.63) is 30.2 Å². The largest absolute Gasteiger partial charge is 0.405 e. The topological polar surface area (TPSA) is 29.0 Å². The van der Waals surface area contributed by atoms with Gasteiger partial charge >= 0.3 is 6.18 Å². The van der Waals surface area contributed by atoms with Gasteiger partial charge in [-0.15, -0.1) is 0 Å². The van der Waals surface area contributed by atoms with Crippen LogP contribution in [0, 0.1) is 11.8 Å². The van der Waals surface area contributed by atoms with Crippen molar-refractivity contribution in [2.24, 2.45) is 0 Å². The fourth-order valence-corrected chi connectivity index (χ4v) is 2.41. The summed E-state index contributed by atoms with van der Waals surface area (Å²) in [5.41, 5.74) is 0.209. The van der Waals surface area contributed by atoms with Crippen LogP contribution < -0.4 is 4.90 Å². The van der Waals surface area contributed by atoms with Crippen molar-refractivity contribution in [1.29, 1.82) is 0 Å². The third kappa shape index (κ3) is 3.41. The van der Waals surface area contributed by atoms with E-state index >= 15 is 0 Å². The van der Waals surface area contributed by atoms with Gasteiger partial charge in [-0.25, -0.2) is 9.37 Å². The standard InChI is InChI=1S/C11H8F5N3S/c1-19(5-11(14,15)16)10-8(13)18-9(20-10)6-2-7(12)4-17-3-6/h2-4H,5H2,1H3. The first-order chi connectivity index (χ1) is 9.26. The Morgan fingerprint density at radius 3 is 2.55 bits per heavy atom. The Hall–Kier alpha value is -1.77. The minimum atomic E-state index is -4.45. The highest BCUT2D eigenvalue weighted by Crippen LogP contribution is 2.34. The number of thiazole rings is 1. The summed E-state index contributed by atoms with van der Waals surface area (Å²) < 4.78 is 63.4. The smallest absolute Gasteiger partial charge is 0.354 e. The summed E-state index contributed by atoms with van der Waals surface area (Å²) >= 11 is 0.703. The van der Waals surface area contributed by atoms with E-state index in [0.29, 0.717) is 16.2 Å². The third-order valence-electron chi connectivity index (χ3n) is 2.28. The SMILES string of the molecule is CN(CC(F)(F)F)c1sc(-c2cncc(F)c2)nc1F. The molecule has 0 radical (unpaired) electrons. The van der Waals surface area contributed by atoms with Gasteiger partial charge in [0.2, 0.25) is 5.95 Å². The first-order valence-electron chi connectivity index (χ1n) is 5.31. The van der Waals surface area contributed by atoms with Crippen molar-refractivity contribution < 1.29 is 22.0 Å². The van der Waals surface area contributed by atoms with Gasteiger partial charge in [0.05, 0.1) is 6.20 Å². The number of halogens is 5. The van der Waals surface area contributed by atoms with Gasteiger partial charge in [0, 0.05) is 18.8 Å². The Balaban J connectivity index is 2.30. The third-order valence-corrected chi connectivity index (χ3v) is 3.48. The molecule has 0 unspecified atom stereocenters. The zero-order chi connectivity index (χ0) is 14.9. The van der Waals surface area contributed by atoms with Crippen LogP contribution in [0.15, 0.2) is 18.5 Å². The first kappa shape index (κ1) is 14.6. The minimum absolute atomic E-state index is 0.0681. The molecule has 0 N–H and O–H groups in total. The number of alkyl halides is 3. The van der Waals surface area contributed by atoms with E-state index in [1.54, 1.807) is 0 Å². The highest BCUT2D eigenvalue weighted by molar-refractivity contribution is 7.19. The molecule has 3 nitrogen and oxygen atoms in total. The molecule has 0 aliphatic rings. The molecule has 2 rings (SSSR count). The fraction of sp³-hybridized carbons (Fsp3) is 0.273. The van der Waals surface area contributed by atoms with Crippen LogP contribution in [0.25, 0.3) is 10.6 Å². The van der Waals surface area contributed by atoms with Crippen molar-refractivity contribution in [3.63, 3.8) is 0 Å². The maximum absolute atomic E-state index is 13.6. The molecule has 2 aromatic rings. The Morgan fingerprint density at radius 2 is 1.95 bits per heavy atom. The van der Waals surface area contributed by atoms with Crippen LogP contribution in [0.1, 0.15) is 0 Å². The van der Waals surface area contributed by atoms with Gasteiger partial charge in [0.15, 0.2) is 0 Å². The van der Waals surface area contributed by atoms with E-state index in [2.05, 4.69) is 9.97 Å². The van der Waals surface area contributed by atoms with Crippen molar-refractivity contribution in [1.82, 2.24) is 9.97 Å². The Labute approximate surface area is 114 Å². The van der Waals surface area contributed by atoms with Crippen LogP contribution in [0.3, 0.4) is 0 Å². The Morgan fingerprint density at radius 1 is 1.25 bits per heavy atom. The molecule has 0 atom stereocenters. The van der Waals surface area contributed by atoms with Gasteiger partial charge in [0.25, 0.3) is 0 Å². The predicted octanol–water partition coefficient (Wildman–Crippen LogP) is 3.48.